The third kappa shape index (κ3) is 2.27. The first-order valence-electron chi connectivity index (χ1n) is 4.72. The molecule has 6 heteroatoms. The molecule has 2 heterocycles. The number of thiophene rings is 1. The van der Waals surface area contributed by atoms with Crippen LogP contribution in [-0.2, 0) is 11.2 Å². The van der Waals surface area contributed by atoms with Gasteiger partial charge in [-0.2, -0.15) is 0 Å². The molecule has 0 spiro atoms. The molecule has 5 nitrogen and oxygen atoms in total. The second-order valence-corrected chi connectivity index (χ2v) is 4.37. The van der Waals surface area contributed by atoms with Crippen LogP contribution in [0.4, 0.5) is 0 Å². The first-order chi connectivity index (χ1) is 7.66. The van der Waals surface area contributed by atoms with E-state index in [4.69, 9.17) is 9.52 Å². The van der Waals surface area contributed by atoms with Crippen LogP contribution in [0, 0.1) is 6.92 Å². The lowest BCUT2D eigenvalue weighted by atomic mass is 10.1. The van der Waals surface area contributed by atoms with Gasteiger partial charge in [-0.3, -0.25) is 4.79 Å². The minimum atomic E-state index is -0.947. The Hall–Kier alpha value is -1.69. The fraction of sp³-hybridized carbons (Fsp3) is 0.300. The summed E-state index contributed by atoms with van der Waals surface area (Å²) < 4.78 is 5.16. The Kier molecular flexibility index (Phi) is 3.00. The Bertz CT molecular complexity index is 478. The molecule has 2 rings (SSSR count). The van der Waals surface area contributed by atoms with Crippen LogP contribution in [-0.4, -0.2) is 21.3 Å². The van der Waals surface area contributed by atoms with Crippen molar-refractivity contribution in [3.05, 3.63) is 34.2 Å². The van der Waals surface area contributed by atoms with E-state index in [-0.39, 0.29) is 5.89 Å². The number of aromatic nitrogens is 2. The van der Waals surface area contributed by atoms with E-state index >= 15 is 0 Å². The highest BCUT2D eigenvalue weighted by Gasteiger charge is 2.26. The van der Waals surface area contributed by atoms with Gasteiger partial charge in [0.2, 0.25) is 11.8 Å². The highest BCUT2D eigenvalue weighted by atomic mass is 32.1. The van der Waals surface area contributed by atoms with Gasteiger partial charge >= 0.3 is 5.97 Å². The molecule has 16 heavy (non-hydrogen) atoms. The van der Waals surface area contributed by atoms with Crippen LogP contribution in [0.3, 0.4) is 0 Å². The second-order valence-electron chi connectivity index (χ2n) is 3.33. The monoisotopic (exact) mass is 238 g/mol. The zero-order valence-corrected chi connectivity index (χ0v) is 9.40. The van der Waals surface area contributed by atoms with Crippen molar-refractivity contribution in [2.45, 2.75) is 19.3 Å². The summed E-state index contributed by atoms with van der Waals surface area (Å²) in [6.07, 6.45) is 0.384. The number of hydrogen-bond donors (Lipinski definition) is 1. The van der Waals surface area contributed by atoms with Gasteiger partial charge < -0.3 is 9.52 Å². The van der Waals surface area contributed by atoms with Crippen LogP contribution < -0.4 is 0 Å². The van der Waals surface area contributed by atoms with E-state index in [2.05, 4.69) is 10.2 Å². The molecule has 0 fully saturated rings. The number of aryl methyl sites for hydroxylation is 1. The Labute approximate surface area is 95.7 Å². The zero-order valence-electron chi connectivity index (χ0n) is 8.58. The zero-order chi connectivity index (χ0) is 11.5. The number of carboxylic acids is 1. The number of carbonyl (C=O) groups is 1. The topological polar surface area (TPSA) is 76.2 Å². The quantitative estimate of drug-likeness (QED) is 0.879. The molecule has 0 aliphatic rings. The summed E-state index contributed by atoms with van der Waals surface area (Å²) in [4.78, 5) is 12.1. The smallest absolute Gasteiger partial charge is 0.316 e. The van der Waals surface area contributed by atoms with Crippen molar-refractivity contribution in [2.75, 3.05) is 0 Å². The molecule has 0 saturated heterocycles. The van der Waals surface area contributed by atoms with Crippen molar-refractivity contribution >= 4 is 17.3 Å². The molecule has 2 aromatic rings. The van der Waals surface area contributed by atoms with Crippen LogP contribution in [0.15, 0.2) is 21.9 Å². The molecule has 0 bridgehead atoms. The van der Waals surface area contributed by atoms with E-state index < -0.39 is 11.9 Å². The SMILES string of the molecule is Cc1nnc(C(Cc2cccs2)C(=O)O)o1. The van der Waals surface area contributed by atoms with Crippen molar-refractivity contribution in [2.24, 2.45) is 0 Å². The third-order valence-electron chi connectivity index (χ3n) is 2.12. The fourth-order valence-corrected chi connectivity index (χ4v) is 2.11. The van der Waals surface area contributed by atoms with Crippen molar-refractivity contribution < 1.29 is 14.3 Å². The molecule has 2 aromatic heterocycles. The largest absolute Gasteiger partial charge is 0.481 e. The van der Waals surface area contributed by atoms with Crippen LogP contribution in [0.25, 0.3) is 0 Å². The van der Waals surface area contributed by atoms with E-state index in [1.165, 1.54) is 11.3 Å². The summed E-state index contributed by atoms with van der Waals surface area (Å²) in [5.74, 6) is -1.16. The molecule has 1 unspecified atom stereocenters. The Morgan fingerprint density at radius 3 is 2.94 bits per heavy atom. The molecule has 1 N–H and O–H groups in total. The Balaban J connectivity index is 2.21. The highest BCUT2D eigenvalue weighted by Crippen LogP contribution is 2.22. The molecule has 0 saturated carbocycles. The van der Waals surface area contributed by atoms with E-state index in [0.29, 0.717) is 12.3 Å². The average molecular weight is 238 g/mol. The lowest BCUT2D eigenvalue weighted by Crippen LogP contribution is -2.14. The molecule has 0 aliphatic heterocycles. The number of aliphatic carboxylic acids is 1. The molecule has 0 aromatic carbocycles. The number of nitrogens with zero attached hydrogens (tertiary/aromatic N) is 2. The molecule has 0 amide bonds. The van der Waals surface area contributed by atoms with Crippen LogP contribution in [0.5, 0.6) is 0 Å². The number of rotatable bonds is 4. The van der Waals surface area contributed by atoms with E-state index in [0.717, 1.165) is 4.88 Å². The van der Waals surface area contributed by atoms with Crippen molar-refractivity contribution in [3.8, 4) is 0 Å². The fourth-order valence-electron chi connectivity index (χ4n) is 1.36. The normalized spacial score (nSPS) is 12.6. The van der Waals surface area contributed by atoms with Gasteiger partial charge in [0.05, 0.1) is 0 Å². The predicted molar refractivity (Wildman–Crippen MR) is 57.4 cm³/mol. The van der Waals surface area contributed by atoms with E-state index in [1.54, 1.807) is 6.92 Å². The predicted octanol–water partition coefficient (Wildman–Crippen LogP) is 1.85. The summed E-state index contributed by atoms with van der Waals surface area (Å²) in [6, 6.07) is 3.78. The van der Waals surface area contributed by atoms with Gasteiger partial charge in [0.1, 0.15) is 5.92 Å². The number of carboxylic acid groups (broad SMARTS) is 1. The maximum atomic E-state index is 11.1. The van der Waals surface area contributed by atoms with Gasteiger partial charge in [-0.25, -0.2) is 0 Å². The molecular weight excluding hydrogens is 228 g/mol. The van der Waals surface area contributed by atoms with Gasteiger partial charge in [0.15, 0.2) is 0 Å². The van der Waals surface area contributed by atoms with Crippen LogP contribution >= 0.6 is 11.3 Å². The Morgan fingerprint density at radius 2 is 2.44 bits per heavy atom. The molecule has 0 aliphatic carbocycles. The lowest BCUT2D eigenvalue weighted by molar-refractivity contribution is -0.139. The summed E-state index contributed by atoms with van der Waals surface area (Å²) >= 11 is 1.52. The molecule has 84 valence electrons. The summed E-state index contributed by atoms with van der Waals surface area (Å²) in [6.45, 7) is 1.64. The van der Waals surface area contributed by atoms with E-state index in [9.17, 15) is 4.79 Å². The van der Waals surface area contributed by atoms with E-state index in [1.807, 2.05) is 17.5 Å². The van der Waals surface area contributed by atoms with Gasteiger partial charge in [-0.1, -0.05) is 6.07 Å². The minimum absolute atomic E-state index is 0.165. The first kappa shape index (κ1) is 10.8. The van der Waals surface area contributed by atoms with Crippen LogP contribution in [0.1, 0.15) is 22.6 Å². The third-order valence-corrected chi connectivity index (χ3v) is 3.02. The minimum Gasteiger partial charge on any atom is -0.481 e. The van der Waals surface area contributed by atoms with Gasteiger partial charge in [-0.05, 0) is 11.4 Å². The maximum Gasteiger partial charge on any atom is 0.316 e. The molecular formula is C10H10N2O3S. The van der Waals surface area contributed by atoms with Crippen molar-refractivity contribution in [3.63, 3.8) is 0 Å². The highest BCUT2D eigenvalue weighted by molar-refractivity contribution is 7.09. The van der Waals surface area contributed by atoms with Crippen molar-refractivity contribution in [1.82, 2.24) is 10.2 Å². The van der Waals surface area contributed by atoms with Crippen molar-refractivity contribution in [1.29, 1.82) is 0 Å². The van der Waals surface area contributed by atoms with Gasteiger partial charge in [0.25, 0.3) is 0 Å². The Morgan fingerprint density at radius 1 is 1.62 bits per heavy atom. The second kappa shape index (κ2) is 4.44. The maximum absolute atomic E-state index is 11.1. The standard InChI is InChI=1S/C10H10N2O3S/c1-6-11-12-9(15-6)8(10(13)14)5-7-3-2-4-16-7/h2-4,8H,5H2,1H3,(H,13,14). The summed E-state index contributed by atoms with van der Waals surface area (Å²) in [5, 5.41) is 18.4. The lowest BCUT2D eigenvalue weighted by Gasteiger charge is -2.05. The summed E-state index contributed by atoms with van der Waals surface area (Å²) in [7, 11) is 0. The average Bonchev–Trinajstić information content (AvgIpc) is 2.84. The molecule has 0 radical (unpaired) electrons. The molecule has 1 atom stereocenters. The number of hydrogen-bond acceptors (Lipinski definition) is 5. The van der Waals surface area contributed by atoms with Gasteiger partial charge in [0, 0.05) is 18.2 Å². The van der Waals surface area contributed by atoms with Crippen LogP contribution in [0.2, 0.25) is 0 Å². The van der Waals surface area contributed by atoms with Gasteiger partial charge in [-0.15, -0.1) is 21.5 Å². The first-order valence-corrected chi connectivity index (χ1v) is 5.60. The summed E-state index contributed by atoms with van der Waals surface area (Å²) in [5.41, 5.74) is 0.